The lowest BCUT2D eigenvalue weighted by atomic mass is 10.2. The fraction of sp³-hybridized carbons (Fsp3) is 0.350. The Bertz CT molecular complexity index is 896. The second-order valence-corrected chi connectivity index (χ2v) is 6.79. The third-order valence-electron chi connectivity index (χ3n) is 4.86. The zero-order chi connectivity index (χ0) is 19.5. The number of hydrogen-bond donors (Lipinski definition) is 2. The van der Waals surface area contributed by atoms with E-state index in [4.69, 9.17) is 9.47 Å². The number of para-hydroxylation sites is 2. The van der Waals surface area contributed by atoms with Crippen molar-refractivity contribution in [1.82, 2.24) is 4.98 Å². The van der Waals surface area contributed by atoms with E-state index in [2.05, 4.69) is 15.6 Å². The molecule has 2 N–H and O–H groups in total. The summed E-state index contributed by atoms with van der Waals surface area (Å²) >= 11 is 0. The summed E-state index contributed by atoms with van der Waals surface area (Å²) in [5.41, 5.74) is 1.51. The van der Waals surface area contributed by atoms with Crippen molar-refractivity contribution in [1.29, 1.82) is 0 Å². The second kappa shape index (κ2) is 7.85. The van der Waals surface area contributed by atoms with Crippen molar-refractivity contribution in [2.24, 2.45) is 0 Å². The van der Waals surface area contributed by atoms with Crippen LogP contribution in [0.4, 0.5) is 17.2 Å². The minimum atomic E-state index is -0.324. The number of anilines is 3. The molecule has 1 saturated heterocycles. The zero-order valence-corrected chi connectivity index (χ0v) is 15.6. The molecular weight excluding hydrogens is 360 g/mol. The third-order valence-corrected chi connectivity index (χ3v) is 4.86. The molecular formula is C20H22N4O4. The number of hydrogen-bond acceptors (Lipinski definition) is 6. The van der Waals surface area contributed by atoms with E-state index in [0.29, 0.717) is 35.1 Å². The van der Waals surface area contributed by atoms with E-state index in [1.807, 2.05) is 18.2 Å². The molecule has 2 amide bonds. The van der Waals surface area contributed by atoms with Crippen LogP contribution in [0.3, 0.4) is 0 Å². The van der Waals surface area contributed by atoms with Gasteiger partial charge in [0.25, 0.3) is 5.91 Å². The average Bonchev–Trinajstić information content (AvgIpc) is 3.23. The first kappa shape index (κ1) is 18.2. The van der Waals surface area contributed by atoms with Crippen molar-refractivity contribution < 1.29 is 19.1 Å². The first-order valence-corrected chi connectivity index (χ1v) is 9.27. The number of rotatable bonds is 5. The van der Waals surface area contributed by atoms with Crippen LogP contribution in [-0.4, -0.2) is 49.7 Å². The molecule has 4 rings (SSSR count). The van der Waals surface area contributed by atoms with Gasteiger partial charge in [0.05, 0.1) is 29.6 Å². The Balaban J connectivity index is 1.49. The molecule has 28 heavy (non-hydrogen) atoms. The van der Waals surface area contributed by atoms with E-state index in [1.54, 1.807) is 19.2 Å². The summed E-state index contributed by atoms with van der Waals surface area (Å²) in [5.74, 6) is 0.764. The van der Waals surface area contributed by atoms with Crippen molar-refractivity contribution in [2.45, 2.75) is 18.9 Å². The van der Waals surface area contributed by atoms with E-state index in [0.717, 1.165) is 19.4 Å². The SMILES string of the molecule is CN1C(=O)CNc2ncc(C(=O)Nc3ccccc3OCC3CCCO3)cc21. The monoisotopic (exact) mass is 382 g/mol. The third kappa shape index (κ3) is 3.77. The van der Waals surface area contributed by atoms with Crippen LogP contribution in [0.2, 0.25) is 0 Å². The molecule has 1 unspecified atom stereocenters. The molecule has 1 aromatic carbocycles. The standard InChI is InChI=1S/C20H22N4O4/c1-24-16-9-13(10-21-19(16)22-11-18(24)25)20(26)23-15-6-2-3-7-17(15)28-12-14-5-4-8-27-14/h2-3,6-7,9-10,14H,4-5,8,11-12H2,1H3,(H,21,22)(H,23,26). The minimum absolute atomic E-state index is 0.0836. The maximum Gasteiger partial charge on any atom is 0.257 e. The topological polar surface area (TPSA) is 92.8 Å². The van der Waals surface area contributed by atoms with Gasteiger partial charge in [0.1, 0.15) is 18.2 Å². The van der Waals surface area contributed by atoms with Crippen molar-refractivity contribution in [3.8, 4) is 5.75 Å². The molecule has 3 heterocycles. The molecule has 1 fully saturated rings. The highest BCUT2D eigenvalue weighted by atomic mass is 16.5. The Morgan fingerprint density at radius 1 is 1.43 bits per heavy atom. The van der Waals surface area contributed by atoms with Crippen molar-refractivity contribution in [3.05, 3.63) is 42.1 Å². The molecule has 8 heteroatoms. The van der Waals surface area contributed by atoms with Crippen LogP contribution < -0.4 is 20.3 Å². The van der Waals surface area contributed by atoms with Crippen LogP contribution in [-0.2, 0) is 9.53 Å². The number of nitrogens with one attached hydrogen (secondary N) is 2. The van der Waals surface area contributed by atoms with Crippen LogP contribution in [0, 0.1) is 0 Å². The Labute approximate surface area is 162 Å². The molecule has 1 atom stereocenters. The predicted octanol–water partition coefficient (Wildman–Crippen LogP) is 2.28. The molecule has 0 saturated carbocycles. The lowest BCUT2D eigenvalue weighted by molar-refractivity contribution is -0.116. The van der Waals surface area contributed by atoms with Crippen LogP contribution in [0.5, 0.6) is 5.75 Å². The van der Waals surface area contributed by atoms with Gasteiger partial charge >= 0.3 is 0 Å². The van der Waals surface area contributed by atoms with E-state index >= 15 is 0 Å². The Kier molecular flexibility index (Phi) is 5.12. The second-order valence-electron chi connectivity index (χ2n) is 6.79. The summed E-state index contributed by atoms with van der Waals surface area (Å²) in [4.78, 5) is 30.4. The van der Waals surface area contributed by atoms with E-state index in [1.165, 1.54) is 11.1 Å². The van der Waals surface area contributed by atoms with Gasteiger partial charge in [-0.1, -0.05) is 12.1 Å². The predicted molar refractivity (Wildman–Crippen MR) is 105 cm³/mol. The summed E-state index contributed by atoms with van der Waals surface area (Å²) in [5, 5.41) is 5.81. The van der Waals surface area contributed by atoms with Crippen molar-refractivity contribution in [3.63, 3.8) is 0 Å². The van der Waals surface area contributed by atoms with Gasteiger partial charge in [0, 0.05) is 19.9 Å². The van der Waals surface area contributed by atoms with Crippen molar-refractivity contribution in [2.75, 3.05) is 42.3 Å². The molecule has 146 valence electrons. The number of carbonyl (C=O) groups is 2. The molecule has 1 aromatic heterocycles. The number of carbonyl (C=O) groups excluding carboxylic acids is 2. The number of amides is 2. The molecule has 2 aliphatic rings. The van der Waals surface area contributed by atoms with Crippen LogP contribution in [0.25, 0.3) is 0 Å². The van der Waals surface area contributed by atoms with E-state index in [9.17, 15) is 9.59 Å². The number of aromatic nitrogens is 1. The average molecular weight is 382 g/mol. The molecule has 2 aromatic rings. The number of likely N-dealkylation sites (N-methyl/N-ethyl adjacent to an activating group) is 1. The molecule has 0 bridgehead atoms. The molecule has 0 aliphatic carbocycles. The van der Waals surface area contributed by atoms with Gasteiger partial charge in [-0.3, -0.25) is 9.59 Å². The lowest BCUT2D eigenvalue weighted by Gasteiger charge is -2.26. The highest BCUT2D eigenvalue weighted by molar-refractivity contribution is 6.07. The molecule has 2 aliphatic heterocycles. The fourth-order valence-electron chi connectivity index (χ4n) is 3.23. The lowest BCUT2D eigenvalue weighted by Crippen LogP contribution is -2.37. The normalized spacial score (nSPS) is 18.4. The first-order chi connectivity index (χ1) is 13.6. The quantitative estimate of drug-likeness (QED) is 0.824. The van der Waals surface area contributed by atoms with Crippen molar-refractivity contribution >= 4 is 29.0 Å². The Morgan fingerprint density at radius 3 is 3.11 bits per heavy atom. The highest BCUT2D eigenvalue weighted by Crippen LogP contribution is 2.29. The smallest absolute Gasteiger partial charge is 0.257 e. The maximum atomic E-state index is 12.7. The summed E-state index contributed by atoms with van der Waals surface area (Å²) in [6.07, 6.45) is 3.61. The van der Waals surface area contributed by atoms with Gasteiger partial charge in [-0.05, 0) is 31.0 Å². The largest absolute Gasteiger partial charge is 0.489 e. The number of pyridine rings is 1. The van der Waals surface area contributed by atoms with Crippen LogP contribution >= 0.6 is 0 Å². The molecule has 8 nitrogen and oxygen atoms in total. The number of nitrogens with zero attached hydrogens (tertiary/aromatic N) is 2. The summed E-state index contributed by atoms with van der Waals surface area (Å²) in [7, 11) is 1.67. The van der Waals surface area contributed by atoms with Gasteiger partial charge in [-0.25, -0.2) is 4.98 Å². The summed E-state index contributed by atoms with van der Waals surface area (Å²) < 4.78 is 11.4. The zero-order valence-electron chi connectivity index (χ0n) is 15.6. The Hall–Kier alpha value is -3.13. The minimum Gasteiger partial charge on any atom is -0.489 e. The first-order valence-electron chi connectivity index (χ1n) is 9.27. The van der Waals surface area contributed by atoms with E-state index < -0.39 is 0 Å². The molecule has 0 radical (unpaired) electrons. The van der Waals surface area contributed by atoms with Gasteiger partial charge in [0.15, 0.2) is 0 Å². The summed E-state index contributed by atoms with van der Waals surface area (Å²) in [6.45, 7) is 1.41. The van der Waals surface area contributed by atoms with E-state index in [-0.39, 0.29) is 24.5 Å². The summed E-state index contributed by atoms with van der Waals surface area (Å²) in [6, 6.07) is 8.93. The highest BCUT2D eigenvalue weighted by Gasteiger charge is 2.23. The molecule has 0 spiro atoms. The van der Waals surface area contributed by atoms with Crippen LogP contribution in [0.1, 0.15) is 23.2 Å². The van der Waals surface area contributed by atoms with Crippen LogP contribution in [0.15, 0.2) is 36.5 Å². The maximum absolute atomic E-state index is 12.7. The Morgan fingerprint density at radius 2 is 2.29 bits per heavy atom. The van der Waals surface area contributed by atoms with Gasteiger partial charge in [-0.2, -0.15) is 0 Å². The van der Waals surface area contributed by atoms with Gasteiger partial charge in [-0.15, -0.1) is 0 Å². The van der Waals surface area contributed by atoms with Gasteiger partial charge < -0.3 is 25.0 Å². The number of benzene rings is 1. The number of ether oxygens (including phenoxy) is 2. The number of fused-ring (bicyclic) bond motifs is 1. The fourth-order valence-corrected chi connectivity index (χ4v) is 3.23. The van der Waals surface area contributed by atoms with Gasteiger partial charge in [0.2, 0.25) is 5.91 Å².